The average Bonchev–Trinajstić information content (AvgIpc) is 2.39. The Morgan fingerprint density at radius 1 is 1.32 bits per heavy atom. The Hall–Kier alpha value is -1.69. The molecular weight excluding hydrogens is 258 g/mol. The van der Waals surface area contributed by atoms with Crippen molar-refractivity contribution in [3.05, 3.63) is 29.8 Å². The molecule has 1 rings (SSSR count). The van der Waals surface area contributed by atoms with E-state index in [4.69, 9.17) is 0 Å². The second-order valence-corrected chi connectivity index (χ2v) is 3.93. The summed E-state index contributed by atoms with van der Waals surface area (Å²) in [6.45, 7) is -1.15. The van der Waals surface area contributed by atoms with Crippen LogP contribution in [-0.4, -0.2) is 24.8 Å². The monoisotopic (exact) mass is 274 g/mol. The van der Waals surface area contributed by atoms with Crippen molar-refractivity contribution in [1.82, 2.24) is 0 Å². The SMILES string of the molecule is CCC(C(=O)OC)C(O)c1ccc(OC(F)F)cc1. The lowest BCUT2D eigenvalue weighted by molar-refractivity contribution is -0.149. The summed E-state index contributed by atoms with van der Waals surface area (Å²) in [5, 5.41) is 10.1. The maximum atomic E-state index is 12.0. The number of hydrogen-bond donors (Lipinski definition) is 1. The zero-order valence-electron chi connectivity index (χ0n) is 10.7. The molecule has 0 heterocycles. The smallest absolute Gasteiger partial charge is 0.387 e. The second-order valence-electron chi connectivity index (χ2n) is 3.93. The van der Waals surface area contributed by atoms with E-state index in [1.165, 1.54) is 31.4 Å². The molecule has 0 bridgehead atoms. The van der Waals surface area contributed by atoms with E-state index in [-0.39, 0.29) is 5.75 Å². The number of halogens is 2. The molecule has 1 aromatic rings. The van der Waals surface area contributed by atoms with Crippen molar-refractivity contribution in [2.24, 2.45) is 5.92 Å². The first-order chi connectivity index (χ1) is 8.99. The molecule has 1 aromatic carbocycles. The highest BCUT2D eigenvalue weighted by Gasteiger charge is 2.27. The van der Waals surface area contributed by atoms with Crippen LogP contribution in [0, 0.1) is 5.92 Å². The first-order valence-corrected chi connectivity index (χ1v) is 5.80. The number of aliphatic hydroxyl groups excluding tert-OH is 1. The number of methoxy groups -OCH3 is 1. The lowest BCUT2D eigenvalue weighted by Crippen LogP contribution is -2.22. The lowest BCUT2D eigenvalue weighted by atomic mass is 9.93. The number of hydrogen-bond acceptors (Lipinski definition) is 4. The van der Waals surface area contributed by atoms with Crippen LogP contribution < -0.4 is 4.74 Å². The fourth-order valence-corrected chi connectivity index (χ4v) is 1.75. The number of aliphatic hydroxyl groups is 1. The van der Waals surface area contributed by atoms with Gasteiger partial charge in [0.2, 0.25) is 0 Å². The van der Waals surface area contributed by atoms with E-state index >= 15 is 0 Å². The van der Waals surface area contributed by atoms with Gasteiger partial charge in [-0.3, -0.25) is 4.79 Å². The molecule has 0 aliphatic heterocycles. The van der Waals surface area contributed by atoms with Crippen LogP contribution in [-0.2, 0) is 9.53 Å². The average molecular weight is 274 g/mol. The van der Waals surface area contributed by atoms with Crippen LogP contribution in [0.25, 0.3) is 0 Å². The number of rotatable bonds is 6. The Labute approximate surface area is 109 Å². The molecule has 19 heavy (non-hydrogen) atoms. The molecule has 0 aromatic heterocycles. The number of ether oxygens (including phenoxy) is 2. The summed E-state index contributed by atoms with van der Waals surface area (Å²) >= 11 is 0. The molecule has 2 atom stereocenters. The van der Waals surface area contributed by atoms with Crippen LogP contribution in [0.5, 0.6) is 5.75 Å². The maximum absolute atomic E-state index is 12.0. The van der Waals surface area contributed by atoms with Gasteiger partial charge in [0.05, 0.1) is 19.1 Å². The summed E-state index contributed by atoms with van der Waals surface area (Å²) in [4.78, 5) is 11.5. The predicted molar refractivity (Wildman–Crippen MR) is 63.8 cm³/mol. The van der Waals surface area contributed by atoms with Gasteiger partial charge in [-0.15, -0.1) is 0 Å². The van der Waals surface area contributed by atoms with Gasteiger partial charge in [0, 0.05) is 0 Å². The molecule has 6 heteroatoms. The van der Waals surface area contributed by atoms with Crippen LogP contribution in [0.3, 0.4) is 0 Å². The van der Waals surface area contributed by atoms with E-state index in [1.807, 2.05) is 0 Å². The summed E-state index contributed by atoms with van der Waals surface area (Å²) in [7, 11) is 1.25. The van der Waals surface area contributed by atoms with E-state index in [2.05, 4.69) is 9.47 Å². The van der Waals surface area contributed by atoms with Crippen molar-refractivity contribution in [1.29, 1.82) is 0 Å². The Morgan fingerprint density at radius 2 is 1.89 bits per heavy atom. The van der Waals surface area contributed by atoms with Crippen molar-refractivity contribution in [3.63, 3.8) is 0 Å². The van der Waals surface area contributed by atoms with Gasteiger partial charge in [-0.05, 0) is 24.1 Å². The number of esters is 1. The highest BCUT2D eigenvalue weighted by molar-refractivity contribution is 5.73. The molecule has 106 valence electrons. The van der Waals surface area contributed by atoms with Crippen molar-refractivity contribution < 1.29 is 28.2 Å². The van der Waals surface area contributed by atoms with Gasteiger partial charge >= 0.3 is 12.6 Å². The largest absolute Gasteiger partial charge is 0.469 e. The molecule has 4 nitrogen and oxygen atoms in total. The van der Waals surface area contributed by atoms with E-state index in [1.54, 1.807) is 6.92 Å². The summed E-state index contributed by atoms with van der Waals surface area (Å²) in [6.07, 6.45) is -0.638. The summed E-state index contributed by atoms with van der Waals surface area (Å²) in [5.41, 5.74) is 0.443. The van der Waals surface area contributed by atoms with E-state index in [0.29, 0.717) is 12.0 Å². The molecule has 0 saturated heterocycles. The number of alkyl halides is 2. The van der Waals surface area contributed by atoms with Crippen LogP contribution in [0.4, 0.5) is 8.78 Å². The van der Waals surface area contributed by atoms with Crippen molar-refractivity contribution in [2.45, 2.75) is 26.1 Å². The van der Waals surface area contributed by atoms with Gasteiger partial charge in [0.15, 0.2) is 0 Å². The zero-order chi connectivity index (χ0) is 14.4. The summed E-state index contributed by atoms with van der Waals surface area (Å²) in [6, 6.07) is 5.51. The molecular formula is C13H16F2O4. The quantitative estimate of drug-likeness (QED) is 0.810. The van der Waals surface area contributed by atoms with E-state index < -0.39 is 24.6 Å². The molecule has 0 amide bonds. The van der Waals surface area contributed by atoms with Gasteiger partial charge in [-0.1, -0.05) is 19.1 Å². The third-order valence-electron chi connectivity index (χ3n) is 2.77. The molecule has 0 aliphatic carbocycles. The van der Waals surface area contributed by atoms with Gasteiger partial charge < -0.3 is 14.6 Å². The lowest BCUT2D eigenvalue weighted by Gasteiger charge is -2.19. The van der Waals surface area contributed by atoms with Crippen molar-refractivity contribution >= 4 is 5.97 Å². The van der Waals surface area contributed by atoms with Crippen molar-refractivity contribution in [3.8, 4) is 5.75 Å². The minimum Gasteiger partial charge on any atom is -0.469 e. The Balaban J connectivity index is 2.81. The first kappa shape index (κ1) is 15.4. The van der Waals surface area contributed by atoms with Gasteiger partial charge in [-0.25, -0.2) is 0 Å². The van der Waals surface area contributed by atoms with E-state index in [0.717, 1.165) is 0 Å². The van der Waals surface area contributed by atoms with E-state index in [9.17, 15) is 18.7 Å². The van der Waals surface area contributed by atoms with Gasteiger partial charge in [0.25, 0.3) is 0 Å². The Bertz CT molecular complexity index is 406. The standard InChI is InChI=1S/C13H16F2O4/c1-3-10(12(17)18-2)11(16)8-4-6-9(7-5-8)19-13(14)15/h4-7,10-11,13,16H,3H2,1-2H3. The molecule has 0 spiro atoms. The molecule has 0 radical (unpaired) electrons. The number of carbonyl (C=O) groups excluding carboxylic acids is 1. The van der Waals surface area contributed by atoms with Gasteiger partial charge in [-0.2, -0.15) is 8.78 Å². The number of benzene rings is 1. The third-order valence-corrected chi connectivity index (χ3v) is 2.77. The molecule has 0 aliphatic rings. The molecule has 2 unspecified atom stereocenters. The van der Waals surface area contributed by atoms with Crippen LogP contribution in [0.15, 0.2) is 24.3 Å². The Morgan fingerprint density at radius 3 is 2.32 bits per heavy atom. The fourth-order valence-electron chi connectivity index (χ4n) is 1.75. The summed E-state index contributed by atoms with van der Waals surface area (Å²) in [5.74, 6) is -1.20. The summed E-state index contributed by atoms with van der Waals surface area (Å²) < 4.78 is 32.8. The Kier molecular flexibility index (Phi) is 5.69. The highest BCUT2D eigenvalue weighted by atomic mass is 19.3. The van der Waals surface area contributed by atoms with Crippen LogP contribution in [0.2, 0.25) is 0 Å². The highest BCUT2D eigenvalue weighted by Crippen LogP contribution is 2.27. The second kappa shape index (κ2) is 7.04. The normalized spacial score (nSPS) is 14.0. The number of carbonyl (C=O) groups is 1. The zero-order valence-corrected chi connectivity index (χ0v) is 10.7. The van der Waals surface area contributed by atoms with Crippen molar-refractivity contribution in [2.75, 3.05) is 7.11 Å². The topological polar surface area (TPSA) is 55.8 Å². The molecule has 1 N–H and O–H groups in total. The molecule has 0 saturated carbocycles. The fraction of sp³-hybridized carbons (Fsp3) is 0.462. The third kappa shape index (κ3) is 4.17. The predicted octanol–water partition coefficient (Wildman–Crippen LogP) is 2.52. The maximum Gasteiger partial charge on any atom is 0.387 e. The minimum absolute atomic E-state index is 0.00272. The van der Waals surface area contributed by atoms with Crippen LogP contribution in [0.1, 0.15) is 25.0 Å². The first-order valence-electron chi connectivity index (χ1n) is 5.80. The van der Waals surface area contributed by atoms with Gasteiger partial charge in [0.1, 0.15) is 5.75 Å². The van der Waals surface area contributed by atoms with Crippen LogP contribution >= 0.6 is 0 Å². The minimum atomic E-state index is -2.89. The molecule has 0 fully saturated rings.